The van der Waals surface area contributed by atoms with Crippen molar-refractivity contribution in [1.29, 1.82) is 0 Å². The predicted octanol–water partition coefficient (Wildman–Crippen LogP) is -14.1. The van der Waals surface area contributed by atoms with Gasteiger partial charge < -0.3 is 155 Å². The molecule has 67 heavy (non-hydrogen) atoms. The van der Waals surface area contributed by atoms with Gasteiger partial charge in [-0.1, -0.05) is 0 Å². The topological polar surface area (TPSA) is 512 Å². The number of nitrogens with two attached hydrogens (primary N) is 1. The minimum Gasteiger partial charge on any atom is -0.394 e. The lowest BCUT2D eigenvalue weighted by atomic mass is 9.95. The highest BCUT2D eigenvalue weighted by Crippen LogP contribution is 2.38. The Bertz CT molecular complexity index is 1510. The molecule has 0 bridgehead atoms. The van der Waals surface area contributed by atoms with Crippen LogP contribution >= 0.6 is 0 Å². The average Bonchev–Trinajstić information content (AvgIpc) is 3.80. The van der Waals surface area contributed by atoms with Gasteiger partial charge in [-0.05, 0) is 0 Å². The maximum absolute atomic E-state index is 11.5. The summed E-state index contributed by atoms with van der Waals surface area (Å²) < 4.78 is 61.4. The normalized spacial score (nSPS) is 51.8. The molecule has 30 atom stereocenters. The lowest BCUT2D eigenvalue weighted by molar-refractivity contribution is -0.380. The van der Waals surface area contributed by atoms with Crippen LogP contribution < -0.4 is 5.73 Å². The van der Waals surface area contributed by atoms with Crippen molar-refractivity contribution in [3.05, 3.63) is 0 Å². The summed E-state index contributed by atoms with van der Waals surface area (Å²) in [6, 6.07) is -1.48. The molecular weight excluding hydrogens is 926 g/mol. The molecule has 0 aromatic carbocycles. The van der Waals surface area contributed by atoms with Crippen molar-refractivity contribution in [2.24, 2.45) is 5.73 Å². The Labute approximate surface area is 378 Å². The van der Waals surface area contributed by atoms with Gasteiger partial charge in [0.05, 0.1) is 45.7 Å². The molecule has 31 nitrogen and oxygen atoms in total. The smallest absolute Gasteiger partial charge is 0.187 e. The summed E-state index contributed by atoms with van der Waals surface area (Å²) in [6.07, 6.45) is -54.4. The molecule has 6 rings (SSSR count). The Morgan fingerprint density at radius 3 is 1.06 bits per heavy atom. The van der Waals surface area contributed by atoms with Gasteiger partial charge in [0.2, 0.25) is 0 Å². The molecule has 0 radical (unpaired) electrons. The van der Waals surface area contributed by atoms with E-state index >= 15 is 0 Å². The van der Waals surface area contributed by atoms with Gasteiger partial charge in [-0.3, -0.25) is 0 Å². The van der Waals surface area contributed by atoms with Gasteiger partial charge in [-0.25, -0.2) is 0 Å². The minimum absolute atomic E-state index is 0.837. The van der Waals surface area contributed by atoms with E-state index in [9.17, 15) is 97.0 Å². The zero-order valence-corrected chi connectivity index (χ0v) is 35.1. The maximum Gasteiger partial charge on any atom is 0.187 e. The van der Waals surface area contributed by atoms with Gasteiger partial charge in [-0.15, -0.1) is 0 Å². The van der Waals surface area contributed by atoms with Crippen LogP contribution in [-0.4, -0.2) is 321 Å². The van der Waals surface area contributed by atoms with E-state index in [0.29, 0.717) is 0 Å². The molecule has 21 N–H and O–H groups in total. The van der Waals surface area contributed by atoms with Crippen molar-refractivity contribution < 1.29 is 149 Å². The van der Waals surface area contributed by atoms with E-state index in [1.165, 1.54) is 0 Å². The summed E-state index contributed by atoms with van der Waals surface area (Å²) in [7, 11) is 0. The standard InChI is InChI=1S/C36H63NO30/c37-13-17(49)26(12(6-43)57-31(13)56)63-33-20(52)27(15(47)10(4-41)59-33)64-34-21(53)28(16(48)11(5-42)60-34)65-35-22(54)30(25(61-35)8(45)2-39)67-36-23(55)29(24(62-36)7(44)1-38)66-32-19(51)18(50)14(46)9(3-40)58-32/h7-36,38-56H,1-6,37H2/t7-,8-,9-,10-,11-,12-,13-,14+,15-,16-,17-,18+,19-,20+,21+,22-,23-,24+,25+,26-,27+,28+,29-,30-,31?,32-,33-,34-,35-,36-/m1/s1. The molecule has 31 heteroatoms. The highest BCUT2D eigenvalue weighted by Gasteiger charge is 2.59. The highest BCUT2D eigenvalue weighted by molar-refractivity contribution is 5.01. The SMILES string of the molecule is N[C@H]1C(O)O[C@H](CO)[C@@H](O[C@H]2O[C@H](CO)[C@@H](O)[C@H](O[C@H]3O[C@H](CO)[C@@H](O)[C@H](O[C@H]4O[C@@H]([C@H](O)CO)[C@H](O[C@H]5O[C@@H]([C@H](O)CO)[C@H](O[C@H]6O[C@H](CO)[C@H](O)[C@H](O)[C@H]6O)[C@H]5O)[C@H]4O)[C@@H]3O)[C@@H]2O)[C@@H]1O. The summed E-state index contributed by atoms with van der Waals surface area (Å²) in [4.78, 5) is 0. The van der Waals surface area contributed by atoms with E-state index in [4.69, 9.17) is 57.8 Å². The summed E-state index contributed by atoms with van der Waals surface area (Å²) in [5.41, 5.74) is 5.77. The van der Waals surface area contributed by atoms with E-state index in [-0.39, 0.29) is 0 Å². The van der Waals surface area contributed by atoms with Crippen molar-refractivity contribution in [1.82, 2.24) is 0 Å². The van der Waals surface area contributed by atoms with Crippen molar-refractivity contribution in [2.45, 2.75) is 184 Å². The van der Waals surface area contributed by atoms with Gasteiger partial charge >= 0.3 is 0 Å². The number of rotatable bonds is 18. The Morgan fingerprint density at radius 2 is 0.672 bits per heavy atom. The monoisotopic (exact) mass is 989 g/mol. The number of hydrogen-bond acceptors (Lipinski definition) is 31. The second-order valence-corrected chi connectivity index (χ2v) is 16.8. The first kappa shape index (κ1) is 55.1. The lowest BCUT2D eigenvalue weighted by Crippen LogP contribution is -2.67. The van der Waals surface area contributed by atoms with Crippen LogP contribution in [0.25, 0.3) is 0 Å². The van der Waals surface area contributed by atoms with Gasteiger partial charge in [0.1, 0.15) is 140 Å². The van der Waals surface area contributed by atoms with Crippen molar-refractivity contribution in [2.75, 3.05) is 39.6 Å². The zero-order chi connectivity index (χ0) is 49.3. The lowest BCUT2D eigenvalue weighted by Gasteiger charge is -2.48. The fourth-order valence-electron chi connectivity index (χ4n) is 8.57. The van der Waals surface area contributed by atoms with Crippen LogP contribution in [0.15, 0.2) is 0 Å². The van der Waals surface area contributed by atoms with E-state index < -0.39 is 224 Å². The third-order valence-corrected chi connectivity index (χ3v) is 12.5. The van der Waals surface area contributed by atoms with Gasteiger partial charge in [-0.2, -0.15) is 0 Å². The first-order valence-electron chi connectivity index (χ1n) is 21.2. The Morgan fingerprint density at radius 1 is 0.343 bits per heavy atom. The van der Waals surface area contributed by atoms with E-state index in [1.807, 2.05) is 0 Å². The zero-order valence-electron chi connectivity index (χ0n) is 35.1. The van der Waals surface area contributed by atoms with E-state index in [0.717, 1.165) is 0 Å². The molecule has 0 aromatic heterocycles. The molecule has 0 saturated carbocycles. The summed E-state index contributed by atoms with van der Waals surface area (Å²) >= 11 is 0. The molecule has 6 saturated heterocycles. The van der Waals surface area contributed by atoms with Gasteiger partial charge in [0, 0.05) is 0 Å². The number of aliphatic hydroxyl groups is 19. The van der Waals surface area contributed by atoms with Crippen LogP contribution in [0, 0.1) is 0 Å². The van der Waals surface area contributed by atoms with E-state index in [2.05, 4.69) is 0 Å². The maximum atomic E-state index is 11.5. The van der Waals surface area contributed by atoms with Crippen LogP contribution in [0.4, 0.5) is 0 Å². The molecule has 392 valence electrons. The third kappa shape index (κ3) is 11.2. The molecule has 6 fully saturated rings. The van der Waals surface area contributed by atoms with Crippen LogP contribution in [0.2, 0.25) is 0 Å². The highest BCUT2D eigenvalue weighted by atomic mass is 16.8. The summed E-state index contributed by atoms with van der Waals surface area (Å²) in [6.45, 7) is -5.73. The van der Waals surface area contributed by atoms with Crippen LogP contribution in [-0.2, 0) is 52.1 Å². The quantitative estimate of drug-likeness (QED) is 0.0606. The van der Waals surface area contributed by atoms with Crippen LogP contribution in [0.3, 0.4) is 0 Å². The fourth-order valence-corrected chi connectivity index (χ4v) is 8.57. The molecule has 0 spiro atoms. The number of ether oxygens (including phenoxy) is 11. The van der Waals surface area contributed by atoms with Crippen LogP contribution in [0.1, 0.15) is 0 Å². The number of hydrogen-bond donors (Lipinski definition) is 20. The first-order chi connectivity index (χ1) is 31.8. The van der Waals surface area contributed by atoms with Crippen molar-refractivity contribution in [3.63, 3.8) is 0 Å². The largest absolute Gasteiger partial charge is 0.394 e. The van der Waals surface area contributed by atoms with Crippen molar-refractivity contribution >= 4 is 0 Å². The molecule has 6 heterocycles. The minimum atomic E-state index is -2.21. The summed E-state index contributed by atoms with van der Waals surface area (Å²) in [5, 5.41) is 200. The Balaban J connectivity index is 1.18. The number of aliphatic hydroxyl groups excluding tert-OH is 19. The molecule has 6 aliphatic rings. The summed E-state index contributed by atoms with van der Waals surface area (Å²) in [5.74, 6) is 0. The molecule has 0 aromatic rings. The molecule has 6 aliphatic heterocycles. The fraction of sp³-hybridized carbons (Fsp3) is 1.00. The third-order valence-electron chi connectivity index (χ3n) is 12.5. The van der Waals surface area contributed by atoms with Crippen LogP contribution in [0.5, 0.6) is 0 Å². The first-order valence-corrected chi connectivity index (χ1v) is 21.2. The molecule has 1 unspecified atom stereocenters. The van der Waals surface area contributed by atoms with Gasteiger partial charge in [0.25, 0.3) is 0 Å². The second-order valence-electron chi connectivity index (χ2n) is 16.8. The van der Waals surface area contributed by atoms with Gasteiger partial charge in [0.15, 0.2) is 37.7 Å². The van der Waals surface area contributed by atoms with E-state index in [1.54, 1.807) is 0 Å². The Kier molecular flexibility index (Phi) is 19.4. The predicted molar refractivity (Wildman–Crippen MR) is 201 cm³/mol. The molecular formula is C36H63NO30. The second kappa shape index (κ2) is 23.5. The molecule has 0 amide bonds. The van der Waals surface area contributed by atoms with Crippen molar-refractivity contribution in [3.8, 4) is 0 Å². The Hall–Kier alpha value is -1.24. The average molecular weight is 990 g/mol. The molecule has 0 aliphatic carbocycles.